The molecule has 0 aromatic heterocycles. The maximum atomic E-state index is 10.3. The van der Waals surface area contributed by atoms with Crippen LogP contribution in [0.5, 0.6) is 0 Å². The number of aliphatic hydroxyl groups excluding tert-OH is 1. The summed E-state index contributed by atoms with van der Waals surface area (Å²) in [5.41, 5.74) is 2.68. The molecule has 88 valence electrons. The minimum atomic E-state index is -0.695. The summed E-state index contributed by atoms with van der Waals surface area (Å²) in [5, 5.41) is 10.9. The fourth-order valence-electron chi connectivity index (χ4n) is 1.75. The number of aryl methyl sites for hydroxylation is 1. The highest BCUT2D eigenvalue weighted by Crippen LogP contribution is 2.33. The minimum Gasteiger partial charge on any atom is -0.384 e. The molecule has 0 saturated carbocycles. The lowest BCUT2D eigenvalue weighted by molar-refractivity contribution is 0.220. The predicted octanol–water partition coefficient (Wildman–Crippen LogP) is 4.49. The summed E-state index contributed by atoms with van der Waals surface area (Å²) in [7, 11) is 0. The van der Waals surface area contributed by atoms with Gasteiger partial charge in [0, 0.05) is 10.0 Å². The smallest absolute Gasteiger partial charge is 0.106 e. The number of rotatable bonds is 2. The first kappa shape index (κ1) is 12.6. The molecule has 1 N–H and O–H groups in total. The van der Waals surface area contributed by atoms with Gasteiger partial charge in [-0.25, -0.2) is 0 Å². The molecule has 1 atom stereocenters. The topological polar surface area (TPSA) is 20.2 Å². The van der Waals surface area contributed by atoms with Crippen LogP contribution in [0.2, 0.25) is 5.02 Å². The molecule has 17 heavy (non-hydrogen) atoms. The monoisotopic (exact) mass is 310 g/mol. The van der Waals surface area contributed by atoms with Gasteiger partial charge in [-0.15, -0.1) is 0 Å². The van der Waals surface area contributed by atoms with E-state index in [-0.39, 0.29) is 0 Å². The van der Waals surface area contributed by atoms with Gasteiger partial charge in [0.15, 0.2) is 0 Å². The Kier molecular flexibility index (Phi) is 3.87. The molecule has 0 saturated heterocycles. The average molecular weight is 312 g/mol. The molecule has 0 amide bonds. The standard InChI is InChI=1S/C14H12BrClO/c1-9-4-2-5-10(8-9)14(17)11-6-3-7-12(15)13(11)16/h2-8,14,17H,1H3. The largest absolute Gasteiger partial charge is 0.384 e. The molecule has 1 nitrogen and oxygen atoms in total. The van der Waals surface area contributed by atoms with Gasteiger partial charge in [-0.05, 0) is 34.5 Å². The number of aliphatic hydroxyl groups is 1. The maximum absolute atomic E-state index is 10.3. The van der Waals surface area contributed by atoms with E-state index in [1.54, 1.807) is 0 Å². The minimum absolute atomic E-state index is 0.557. The molecule has 0 radical (unpaired) electrons. The molecule has 0 aliphatic rings. The molecule has 0 bridgehead atoms. The van der Waals surface area contributed by atoms with Crippen LogP contribution in [0.1, 0.15) is 22.8 Å². The van der Waals surface area contributed by atoms with Crippen molar-refractivity contribution in [3.8, 4) is 0 Å². The van der Waals surface area contributed by atoms with Crippen LogP contribution >= 0.6 is 27.5 Å². The number of halogens is 2. The second-order valence-electron chi connectivity index (χ2n) is 3.96. The van der Waals surface area contributed by atoms with Crippen LogP contribution in [0.25, 0.3) is 0 Å². The number of hydrogen-bond donors (Lipinski definition) is 1. The van der Waals surface area contributed by atoms with E-state index in [4.69, 9.17) is 11.6 Å². The van der Waals surface area contributed by atoms with Crippen molar-refractivity contribution >= 4 is 27.5 Å². The Bertz CT molecular complexity index is 539. The van der Waals surface area contributed by atoms with Crippen molar-refractivity contribution in [3.05, 3.63) is 68.7 Å². The number of benzene rings is 2. The Balaban J connectivity index is 2.44. The summed E-state index contributed by atoms with van der Waals surface area (Å²) in [4.78, 5) is 0. The van der Waals surface area contributed by atoms with Crippen molar-refractivity contribution in [2.24, 2.45) is 0 Å². The zero-order chi connectivity index (χ0) is 12.4. The van der Waals surface area contributed by atoms with E-state index in [1.807, 2.05) is 49.4 Å². The van der Waals surface area contributed by atoms with Gasteiger partial charge in [0.25, 0.3) is 0 Å². The molecular weight excluding hydrogens is 300 g/mol. The molecule has 2 aromatic rings. The van der Waals surface area contributed by atoms with Gasteiger partial charge >= 0.3 is 0 Å². The first-order valence-corrected chi connectivity index (χ1v) is 6.45. The zero-order valence-electron chi connectivity index (χ0n) is 9.32. The van der Waals surface area contributed by atoms with Gasteiger partial charge < -0.3 is 5.11 Å². The van der Waals surface area contributed by atoms with Gasteiger partial charge in [-0.2, -0.15) is 0 Å². The molecule has 0 spiro atoms. The third-order valence-corrected chi connectivity index (χ3v) is 3.94. The molecular formula is C14H12BrClO. The van der Waals surface area contributed by atoms with Gasteiger partial charge in [0.2, 0.25) is 0 Å². The summed E-state index contributed by atoms with van der Waals surface area (Å²) in [6.07, 6.45) is -0.695. The second kappa shape index (κ2) is 5.21. The Labute approximate surface area is 114 Å². The Morgan fingerprint density at radius 3 is 2.59 bits per heavy atom. The van der Waals surface area contributed by atoms with Gasteiger partial charge in [0.05, 0.1) is 5.02 Å². The molecule has 3 heteroatoms. The van der Waals surface area contributed by atoms with Crippen molar-refractivity contribution in [3.63, 3.8) is 0 Å². The van der Waals surface area contributed by atoms with E-state index >= 15 is 0 Å². The highest BCUT2D eigenvalue weighted by Gasteiger charge is 2.15. The summed E-state index contributed by atoms with van der Waals surface area (Å²) >= 11 is 9.53. The van der Waals surface area contributed by atoms with Crippen molar-refractivity contribution in [2.45, 2.75) is 13.0 Å². The van der Waals surface area contributed by atoms with Crippen LogP contribution < -0.4 is 0 Å². The van der Waals surface area contributed by atoms with Crippen molar-refractivity contribution < 1.29 is 5.11 Å². The normalized spacial score (nSPS) is 12.5. The molecule has 0 heterocycles. The van der Waals surface area contributed by atoms with Gasteiger partial charge in [0.1, 0.15) is 6.10 Å². The quantitative estimate of drug-likeness (QED) is 0.866. The van der Waals surface area contributed by atoms with Gasteiger partial charge in [-0.1, -0.05) is 53.6 Å². The Morgan fingerprint density at radius 2 is 1.88 bits per heavy atom. The highest BCUT2D eigenvalue weighted by atomic mass is 79.9. The molecule has 2 rings (SSSR count). The fourth-order valence-corrected chi connectivity index (χ4v) is 2.36. The van der Waals surface area contributed by atoms with E-state index in [1.165, 1.54) is 0 Å². The van der Waals surface area contributed by atoms with E-state index < -0.39 is 6.10 Å². The summed E-state index contributed by atoms with van der Waals surface area (Å²) < 4.78 is 0.795. The van der Waals surface area contributed by atoms with E-state index in [0.29, 0.717) is 10.6 Å². The first-order valence-electron chi connectivity index (χ1n) is 5.28. The average Bonchev–Trinajstić information content (AvgIpc) is 2.32. The van der Waals surface area contributed by atoms with E-state index in [9.17, 15) is 5.11 Å². The van der Waals surface area contributed by atoms with Crippen molar-refractivity contribution in [2.75, 3.05) is 0 Å². The molecule has 2 aromatic carbocycles. The summed E-state index contributed by atoms with van der Waals surface area (Å²) in [5.74, 6) is 0. The van der Waals surface area contributed by atoms with Crippen LogP contribution in [0.4, 0.5) is 0 Å². The zero-order valence-corrected chi connectivity index (χ0v) is 11.7. The third kappa shape index (κ3) is 2.71. The predicted molar refractivity (Wildman–Crippen MR) is 74.4 cm³/mol. The SMILES string of the molecule is Cc1cccc(C(O)c2cccc(Br)c2Cl)c1. The van der Waals surface area contributed by atoms with Crippen LogP contribution in [-0.2, 0) is 0 Å². The summed E-state index contributed by atoms with van der Waals surface area (Å²) in [6, 6.07) is 13.3. The van der Waals surface area contributed by atoms with E-state index in [2.05, 4.69) is 15.9 Å². The van der Waals surface area contributed by atoms with Crippen molar-refractivity contribution in [1.82, 2.24) is 0 Å². The molecule has 0 aliphatic heterocycles. The highest BCUT2D eigenvalue weighted by molar-refractivity contribution is 9.10. The maximum Gasteiger partial charge on any atom is 0.106 e. The lowest BCUT2D eigenvalue weighted by Gasteiger charge is -2.14. The van der Waals surface area contributed by atoms with Gasteiger partial charge in [-0.3, -0.25) is 0 Å². The lowest BCUT2D eigenvalue weighted by atomic mass is 10.00. The lowest BCUT2D eigenvalue weighted by Crippen LogP contribution is -2.01. The Morgan fingerprint density at radius 1 is 1.18 bits per heavy atom. The first-order chi connectivity index (χ1) is 8.09. The Hall–Kier alpha value is -0.830. The number of hydrogen-bond acceptors (Lipinski definition) is 1. The van der Waals surface area contributed by atoms with Crippen LogP contribution in [0.3, 0.4) is 0 Å². The molecule has 0 fully saturated rings. The van der Waals surface area contributed by atoms with E-state index in [0.717, 1.165) is 15.6 Å². The van der Waals surface area contributed by atoms with Crippen LogP contribution in [0.15, 0.2) is 46.9 Å². The molecule has 0 aliphatic carbocycles. The van der Waals surface area contributed by atoms with Crippen LogP contribution in [0, 0.1) is 6.92 Å². The van der Waals surface area contributed by atoms with Crippen molar-refractivity contribution in [1.29, 1.82) is 0 Å². The second-order valence-corrected chi connectivity index (χ2v) is 5.19. The van der Waals surface area contributed by atoms with Crippen LogP contribution in [-0.4, -0.2) is 5.11 Å². The summed E-state index contributed by atoms with van der Waals surface area (Å²) in [6.45, 7) is 2.00. The fraction of sp³-hybridized carbons (Fsp3) is 0.143. The molecule has 1 unspecified atom stereocenters. The third-order valence-electron chi connectivity index (χ3n) is 2.63.